The number of hydrogen-bond donors (Lipinski definition) is 0. The van der Waals surface area contributed by atoms with Crippen molar-refractivity contribution in [3.05, 3.63) is 206 Å². The quantitative estimate of drug-likeness (QED) is 0.163. The van der Waals surface area contributed by atoms with Crippen LogP contribution in [0.4, 0.5) is 0 Å². The molecular weight excluding hydrogens is 665 g/mol. The normalized spacial score (nSPS) is 11.6. The lowest BCUT2D eigenvalue weighted by Gasteiger charge is -2.20. The number of hydrogen-bond acceptors (Lipinski definition) is 1. The minimum atomic E-state index is 0.882. The lowest BCUT2D eigenvalue weighted by atomic mass is 9.83. The summed E-state index contributed by atoms with van der Waals surface area (Å²) in [5, 5.41) is 11.0. The molecule has 0 saturated heterocycles. The zero-order valence-corrected chi connectivity index (χ0v) is 30.0. The molecule has 0 spiro atoms. The van der Waals surface area contributed by atoms with Crippen molar-refractivity contribution in [3.63, 3.8) is 0 Å². The van der Waals surface area contributed by atoms with E-state index in [0.717, 1.165) is 33.4 Å². The standard InChI is InChI=1S/C54H34O/c1-2-15-35(16-3-1)41-31-32-49(43-23-7-6-22-42(41)43)54-47-26-10-8-24-45(47)53(46-25-9-11-27-48(46)54)38-20-12-19-37(33-38)40-28-14-30-51-50(40)34-52(55-51)44-29-13-18-36-17-4-5-21-39(36)44/h1-34H. The Balaban J connectivity index is 1.11. The third-order valence-electron chi connectivity index (χ3n) is 11.3. The monoisotopic (exact) mass is 698 g/mol. The number of fused-ring (bicyclic) bond motifs is 5. The highest BCUT2D eigenvalue weighted by atomic mass is 16.3. The SMILES string of the molecule is c1ccc(-c2ccc(-c3c4ccccc4c(-c4cccc(-c5cccc6oc(-c7cccc8ccccc78)cc56)c4)c4ccccc34)c3ccccc23)cc1. The molecule has 0 amide bonds. The molecule has 0 radical (unpaired) electrons. The Morgan fingerprint density at radius 2 is 0.745 bits per heavy atom. The van der Waals surface area contributed by atoms with Crippen molar-refractivity contribution in [2.45, 2.75) is 0 Å². The average Bonchev–Trinajstić information content (AvgIpc) is 3.70. The van der Waals surface area contributed by atoms with Gasteiger partial charge in [0.2, 0.25) is 0 Å². The molecule has 1 heterocycles. The van der Waals surface area contributed by atoms with Gasteiger partial charge in [-0.2, -0.15) is 0 Å². The lowest BCUT2D eigenvalue weighted by molar-refractivity contribution is 0.632. The zero-order valence-electron chi connectivity index (χ0n) is 30.0. The van der Waals surface area contributed by atoms with E-state index in [-0.39, 0.29) is 0 Å². The van der Waals surface area contributed by atoms with Crippen LogP contribution in [0.5, 0.6) is 0 Å². The van der Waals surface area contributed by atoms with Crippen LogP contribution in [0.3, 0.4) is 0 Å². The second-order valence-corrected chi connectivity index (χ2v) is 14.3. The zero-order chi connectivity index (χ0) is 36.3. The van der Waals surface area contributed by atoms with Crippen molar-refractivity contribution >= 4 is 54.1 Å². The summed E-state index contributed by atoms with van der Waals surface area (Å²) < 4.78 is 6.57. The first kappa shape index (κ1) is 31.3. The van der Waals surface area contributed by atoms with Crippen LogP contribution in [0.1, 0.15) is 0 Å². The first-order valence-electron chi connectivity index (χ1n) is 18.9. The molecule has 55 heavy (non-hydrogen) atoms. The van der Waals surface area contributed by atoms with Gasteiger partial charge in [-0.05, 0) is 106 Å². The molecule has 1 nitrogen and oxygen atoms in total. The molecule has 11 aromatic rings. The van der Waals surface area contributed by atoms with Crippen molar-refractivity contribution in [2.24, 2.45) is 0 Å². The van der Waals surface area contributed by atoms with E-state index < -0.39 is 0 Å². The van der Waals surface area contributed by atoms with Gasteiger partial charge in [-0.25, -0.2) is 0 Å². The maximum absolute atomic E-state index is 6.57. The molecule has 0 aliphatic carbocycles. The van der Waals surface area contributed by atoms with Crippen LogP contribution in [-0.2, 0) is 0 Å². The van der Waals surface area contributed by atoms with Gasteiger partial charge in [0.05, 0.1) is 0 Å². The van der Waals surface area contributed by atoms with Crippen molar-refractivity contribution in [1.82, 2.24) is 0 Å². The largest absolute Gasteiger partial charge is 0.456 e. The average molecular weight is 699 g/mol. The van der Waals surface area contributed by atoms with Gasteiger partial charge in [0, 0.05) is 10.9 Å². The van der Waals surface area contributed by atoms with Gasteiger partial charge in [-0.3, -0.25) is 0 Å². The summed E-state index contributed by atoms with van der Waals surface area (Å²) in [4.78, 5) is 0. The van der Waals surface area contributed by atoms with E-state index in [9.17, 15) is 0 Å². The summed E-state index contributed by atoms with van der Waals surface area (Å²) in [7, 11) is 0. The molecule has 0 aliphatic heterocycles. The molecule has 11 rings (SSSR count). The van der Waals surface area contributed by atoms with Crippen LogP contribution in [-0.4, -0.2) is 0 Å². The fraction of sp³-hybridized carbons (Fsp3) is 0. The summed E-state index contributed by atoms with van der Waals surface area (Å²) in [6.07, 6.45) is 0. The van der Waals surface area contributed by atoms with Crippen LogP contribution >= 0.6 is 0 Å². The predicted octanol–water partition coefficient (Wildman–Crippen LogP) is 15.4. The molecule has 0 unspecified atom stereocenters. The molecule has 0 bridgehead atoms. The predicted molar refractivity (Wildman–Crippen MR) is 233 cm³/mol. The molecule has 0 aliphatic rings. The van der Waals surface area contributed by atoms with E-state index in [4.69, 9.17) is 4.42 Å². The van der Waals surface area contributed by atoms with Gasteiger partial charge >= 0.3 is 0 Å². The second kappa shape index (κ2) is 12.7. The van der Waals surface area contributed by atoms with Crippen LogP contribution < -0.4 is 0 Å². The van der Waals surface area contributed by atoms with Crippen molar-refractivity contribution in [2.75, 3.05) is 0 Å². The van der Waals surface area contributed by atoms with Crippen LogP contribution in [0.25, 0.3) is 110 Å². The van der Waals surface area contributed by atoms with Gasteiger partial charge < -0.3 is 4.42 Å². The Morgan fingerprint density at radius 3 is 1.49 bits per heavy atom. The fourth-order valence-electron chi connectivity index (χ4n) is 8.84. The third kappa shape index (κ3) is 5.09. The summed E-state index contributed by atoms with van der Waals surface area (Å²) >= 11 is 0. The smallest absolute Gasteiger partial charge is 0.136 e. The molecule has 10 aromatic carbocycles. The highest BCUT2D eigenvalue weighted by molar-refractivity contribution is 6.24. The summed E-state index contributed by atoms with van der Waals surface area (Å²) in [6, 6.07) is 74.6. The highest BCUT2D eigenvalue weighted by Crippen LogP contribution is 2.47. The lowest BCUT2D eigenvalue weighted by Crippen LogP contribution is -1.92. The van der Waals surface area contributed by atoms with Gasteiger partial charge in [-0.15, -0.1) is 0 Å². The molecule has 1 aromatic heterocycles. The number of benzene rings is 10. The van der Waals surface area contributed by atoms with Gasteiger partial charge in [-0.1, -0.05) is 188 Å². The Kier molecular flexibility index (Phi) is 7.25. The third-order valence-corrected chi connectivity index (χ3v) is 11.3. The highest BCUT2D eigenvalue weighted by Gasteiger charge is 2.20. The molecule has 0 fully saturated rings. The van der Waals surface area contributed by atoms with Gasteiger partial charge in [0.1, 0.15) is 11.3 Å². The van der Waals surface area contributed by atoms with Crippen molar-refractivity contribution < 1.29 is 4.42 Å². The summed E-state index contributed by atoms with van der Waals surface area (Å²) in [5.41, 5.74) is 11.7. The molecule has 256 valence electrons. The number of furan rings is 1. The van der Waals surface area contributed by atoms with E-state index >= 15 is 0 Å². The molecule has 1 heteroatoms. The Morgan fingerprint density at radius 1 is 0.255 bits per heavy atom. The second-order valence-electron chi connectivity index (χ2n) is 14.3. The maximum Gasteiger partial charge on any atom is 0.136 e. The van der Waals surface area contributed by atoms with Crippen molar-refractivity contribution in [3.8, 4) is 55.8 Å². The van der Waals surface area contributed by atoms with E-state index in [2.05, 4.69) is 206 Å². The maximum atomic E-state index is 6.57. The summed E-state index contributed by atoms with van der Waals surface area (Å²) in [6.45, 7) is 0. The molecule has 0 saturated carbocycles. The molecule has 0 N–H and O–H groups in total. The number of rotatable bonds is 5. The Labute approximate surface area is 319 Å². The Hall–Kier alpha value is -7.22. The minimum absolute atomic E-state index is 0.882. The first-order chi connectivity index (χ1) is 27.3. The van der Waals surface area contributed by atoms with Crippen LogP contribution in [0.2, 0.25) is 0 Å². The fourth-order valence-corrected chi connectivity index (χ4v) is 8.84. The topological polar surface area (TPSA) is 13.1 Å². The van der Waals surface area contributed by atoms with E-state index in [1.54, 1.807) is 0 Å². The first-order valence-corrected chi connectivity index (χ1v) is 18.9. The van der Waals surface area contributed by atoms with Crippen LogP contribution in [0.15, 0.2) is 211 Å². The van der Waals surface area contributed by atoms with Crippen molar-refractivity contribution in [1.29, 1.82) is 0 Å². The van der Waals surface area contributed by atoms with E-state index in [0.29, 0.717) is 0 Å². The molecule has 0 atom stereocenters. The minimum Gasteiger partial charge on any atom is -0.456 e. The summed E-state index contributed by atoms with van der Waals surface area (Å²) in [5.74, 6) is 0.882. The van der Waals surface area contributed by atoms with Gasteiger partial charge in [0.15, 0.2) is 0 Å². The van der Waals surface area contributed by atoms with E-state index in [1.807, 2.05) is 0 Å². The molecular formula is C54H34O. The van der Waals surface area contributed by atoms with Gasteiger partial charge in [0.25, 0.3) is 0 Å². The van der Waals surface area contributed by atoms with E-state index in [1.165, 1.54) is 76.5 Å². The Bertz CT molecular complexity index is 3190. The van der Waals surface area contributed by atoms with Crippen LogP contribution in [0, 0.1) is 0 Å².